The molecule has 0 unspecified atom stereocenters. The lowest BCUT2D eigenvalue weighted by molar-refractivity contribution is -0.143. The van der Waals surface area contributed by atoms with Crippen molar-refractivity contribution in [3.8, 4) is 0 Å². The molecule has 1 N–H and O–H groups in total. The van der Waals surface area contributed by atoms with Crippen molar-refractivity contribution < 1.29 is 9.90 Å². The van der Waals surface area contributed by atoms with Gasteiger partial charge >= 0.3 is 5.97 Å². The molecule has 1 saturated carbocycles. The third-order valence-electron chi connectivity index (χ3n) is 4.37. The zero-order valence-corrected chi connectivity index (χ0v) is 11.2. The van der Waals surface area contributed by atoms with Crippen LogP contribution in [-0.4, -0.2) is 29.1 Å². The maximum atomic E-state index is 10.9. The van der Waals surface area contributed by atoms with Gasteiger partial charge in [0.05, 0.1) is 5.92 Å². The van der Waals surface area contributed by atoms with Gasteiger partial charge in [-0.05, 0) is 55.8 Å². The standard InChI is InChI=1S/C16H21NO2/c18-16(19)15-7-9-17(10-8-15)11-12-1-3-13(4-2-12)14-5-6-14/h1-4,14-15H,5-11H2,(H,18,19). The van der Waals surface area contributed by atoms with Crippen LogP contribution in [0.3, 0.4) is 0 Å². The average Bonchev–Trinajstić information content (AvgIpc) is 3.25. The molecule has 0 spiro atoms. The van der Waals surface area contributed by atoms with Gasteiger partial charge < -0.3 is 5.11 Å². The number of rotatable bonds is 4. The van der Waals surface area contributed by atoms with Gasteiger partial charge in [-0.1, -0.05) is 24.3 Å². The SMILES string of the molecule is O=C(O)C1CCN(Cc2ccc(C3CC3)cc2)CC1. The molecule has 1 aliphatic carbocycles. The Bertz CT molecular complexity index is 442. The average molecular weight is 259 g/mol. The summed E-state index contributed by atoms with van der Waals surface area (Å²) < 4.78 is 0. The van der Waals surface area contributed by atoms with Crippen LogP contribution in [0.2, 0.25) is 0 Å². The van der Waals surface area contributed by atoms with Gasteiger partial charge in [0.1, 0.15) is 0 Å². The molecule has 0 atom stereocenters. The van der Waals surface area contributed by atoms with Crippen LogP contribution < -0.4 is 0 Å². The van der Waals surface area contributed by atoms with Gasteiger partial charge in [-0.3, -0.25) is 9.69 Å². The van der Waals surface area contributed by atoms with Gasteiger partial charge in [0.25, 0.3) is 0 Å². The Labute approximate surface area is 114 Å². The number of hydrogen-bond donors (Lipinski definition) is 1. The van der Waals surface area contributed by atoms with E-state index < -0.39 is 5.97 Å². The molecule has 102 valence electrons. The summed E-state index contributed by atoms with van der Waals surface area (Å²) in [7, 11) is 0. The number of carboxylic acid groups (broad SMARTS) is 1. The maximum Gasteiger partial charge on any atom is 0.306 e. The zero-order valence-electron chi connectivity index (χ0n) is 11.2. The van der Waals surface area contributed by atoms with Gasteiger partial charge in [0.15, 0.2) is 0 Å². The number of carboxylic acids is 1. The predicted octanol–water partition coefficient (Wildman–Crippen LogP) is 2.86. The van der Waals surface area contributed by atoms with E-state index in [1.165, 1.54) is 24.0 Å². The van der Waals surface area contributed by atoms with Crippen molar-refractivity contribution in [3.63, 3.8) is 0 Å². The summed E-state index contributed by atoms with van der Waals surface area (Å²) in [6.45, 7) is 2.76. The van der Waals surface area contributed by atoms with Crippen molar-refractivity contribution in [1.29, 1.82) is 0 Å². The summed E-state index contributed by atoms with van der Waals surface area (Å²) in [5, 5.41) is 8.98. The molecule has 1 heterocycles. The van der Waals surface area contributed by atoms with Crippen LogP contribution in [-0.2, 0) is 11.3 Å². The molecule has 1 saturated heterocycles. The number of carbonyl (C=O) groups is 1. The fourth-order valence-corrected chi connectivity index (χ4v) is 2.91. The number of likely N-dealkylation sites (tertiary alicyclic amines) is 1. The molecule has 19 heavy (non-hydrogen) atoms. The lowest BCUT2D eigenvalue weighted by Crippen LogP contribution is -2.35. The first-order chi connectivity index (χ1) is 9.22. The minimum Gasteiger partial charge on any atom is -0.481 e. The van der Waals surface area contributed by atoms with E-state index in [1.54, 1.807) is 0 Å². The molecule has 1 aliphatic heterocycles. The second-order valence-corrected chi connectivity index (χ2v) is 5.90. The molecule has 0 amide bonds. The summed E-state index contributed by atoms with van der Waals surface area (Å²) in [5.74, 6) is 0.0577. The highest BCUT2D eigenvalue weighted by atomic mass is 16.4. The monoisotopic (exact) mass is 259 g/mol. The fourth-order valence-electron chi connectivity index (χ4n) is 2.91. The Balaban J connectivity index is 1.52. The first-order valence-electron chi connectivity index (χ1n) is 7.26. The van der Waals surface area contributed by atoms with E-state index >= 15 is 0 Å². The van der Waals surface area contributed by atoms with Crippen LogP contribution in [0.25, 0.3) is 0 Å². The van der Waals surface area contributed by atoms with E-state index in [-0.39, 0.29) is 5.92 Å². The second-order valence-electron chi connectivity index (χ2n) is 5.90. The zero-order chi connectivity index (χ0) is 13.2. The third-order valence-corrected chi connectivity index (χ3v) is 4.37. The van der Waals surface area contributed by atoms with Crippen molar-refractivity contribution in [2.45, 2.75) is 38.1 Å². The van der Waals surface area contributed by atoms with Gasteiger partial charge in [-0.25, -0.2) is 0 Å². The molecule has 0 radical (unpaired) electrons. The number of hydrogen-bond acceptors (Lipinski definition) is 2. The normalized spacial score (nSPS) is 21.5. The maximum absolute atomic E-state index is 10.9. The highest BCUT2D eigenvalue weighted by molar-refractivity contribution is 5.70. The Morgan fingerprint density at radius 3 is 2.26 bits per heavy atom. The van der Waals surface area contributed by atoms with Crippen molar-refractivity contribution in [2.75, 3.05) is 13.1 Å². The van der Waals surface area contributed by atoms with Crippen LogP contribution in [0.1, 0.15) is 42.7 Å². The van der Waals surface area contributed by atoms with E-state index in [1.807, 2.05) is 0 Å². The summed E-state index contributed by atoms with van der Waals surface area (Å²) in [6, 6.07) is 8.99. The molecule has 2 aliphatic rings. The van der Waals surface area contributed by atoms with Crippen LogP contribution in [0, 0.1) is 5.92 Å². The van der Waals surface area contributed by atoms with E-state index in [9.17, 15) is 4.79 Å². The largest absolute Gasteiger partial charge is 0.481 e. The highest BCUT2D eigenvalue weighted by Gasteiger charge is 2.25. The van der Waals surface area contributed by atoms with E-state index in [0.29, 0.717) is 0 Å². The van der Waals surface area contributed by atoms with Gasteiger partial charge in [-0.15, -0.1) is 0 Å². The molecule has 3 nitrogen and oxygen atoms in total. The van der Waals surface area contributed by atoms with E-state index in [2.05, 4.69) is 29.2 Å². The van der Waals surface area contributed by atoms with Gasteiger partial charge in [0.2, 0.25) is 0 Å². The topological polar surface area (TPSA) is 40.5 Å². The minimum absolute atomic E-state index is 0.131. The summed E-state index contributed by atoms with van der Waals surface area (Å²) in [4.78, 5) is 13.3. The molecule has 0 aromatic heterocycles. The molecule has 2 fully saturated rings. The molecule has 1 aromatic rings. The lowest BCUT2D eigenvalue weighted by Gasteiger charge is -2.30. The van der Waals surface area contributed by atoms with Crippen molar-refractivity contribution in [3.05, 3.63) is 35.4 Å². The van der Waals surface area contributed by atoms with Gasteiger partial charge in [-0.2, -0.15) is 0 Å². The molecular weight excluding hydrogens is 238 g/mol. The molecule has 3 heteroatoms. The fraction of sp³-hybridized carbons (Fsp3) is 0.562. The molecule has 1 aromatic carbocycles. The summed E-state index contributed by atoms with van der Waals surface area (Å²) in [6.07, 6.45) is 4.27. The van der Waals surface area contributed by atoms with Crippen molar-refractivity contribution in [2.24, 2.45) is 5.92 Å². The van der Waals surface area contributed by atoms with Crippen molar-refractivity contribution >= 4 is 5.97 Å². The molecule has 3 rings (SSSR count). The highest BCUT2D eigenvalue weighted by Crippen LogP contribution is 2.39. The number of piperidine rings is 1. The first-order valence-corrected chi connectivity index (χ1v) is 7.26. The summed E-state index contributed by atoms with van der Waals surface area (Å²) >= 11 is 0. The molecular formula is C16H21NO2. The Hall–Kier alpha value is -1.35. The second kappa shape index (κ2) is 5.33. The van der Waals surface area contributed by atoms with Crippen molar-refractivity contribution in [1.82, 2.24) is 4.90 Å². The molecule has 0 bridgehead atoms. The van der Waals surface area contributed by atoms with E-state index in [4.69, 9.17) is 5.11 Å². The quantitative estimate of drug-likeness (QED) is 0.904. The Kier molecular flexibility index (Phi) is 3.56. The predicted molar refractivity (Wildman–Crippen MR) is 74.1 cm³/mol. The minimum atomic E-state index is -0.631. The number of nitrogens with zero attached hydrogens (tertiary/aromatic N) is 1. The number of benzene rings is 1. The smallest absolute Gasteiger partial charge is 0.306 e. The van der Waals surface area contributed by atoms with Crippen LogP contribution in [0.4, 0.5) is 0 Å². The van der Waals surface area contributed by atoms with Crippen LogP contribution in [0.5, 0.6) is 0 Å². The Morgan fingerprint density at radius 2 is 1.74 bits per heavy atom. The Morgan fingerprint density at radius 1 is 1.11 bits per heavy atom. The third kappa shape index (κ3) is 3.16. The van der Waals surface area contributed by atoms with Crippen LogP contribution in [0.15, 0.2) is 24.3 Å². The summed E-state index contributed by atoms with van der Waals surface area (Å²) in [5.41, 5.74) is 2.83. The number of aliphatic carboxylic acids is 1. The van der Waals surface area contributed by atoms with E-state index in [0.717, 1.165) is 38.4 Å². The van der Waals surface area contributed by atoms with Crippen LogP contribution >= 0.6 is 0 Å². The first kappa shape index (κ1) is 12.7. The lowest BCUT2D eigenvalue weighted by atomic mass is 9.96. The van der Waals surface area contributed by atoms with Gasteiger partial charge in [0, 0.05) is 6.54 Å².